The summed E-state index contributed by atoms with van der Waals surface area (Å²) in [5.74, 6) is -0.113. The van der Waals surface area contributed by atoms with Crippen LogP contribution in [-0.2, 0) is 4.79 Å². The van der Waals surface area contributed by atoms with Crippen LogP contribution in [0.15, 0.2) is 12.3 Å². The number of hydrogen-bond donors (Lipinski definition) is 1. The maximum Gasteiger partial charge on any atom is 0.255 e. The Morgan fingerprint density at radius 2 is 2.21 bits per heavy atom. The van der Waals surface area contributed by atoms with Crippen LogP contribution >= 0.6 is 0 Å². The fourth-order valence-corrected chi connectivity index (χ4v) is 2.39. The Balaban J connectivity index is 2.13. The fraction of sp³-hybridized carbons (Fsp3) is 0.538. The van der Waals surface area contributed by atoms with Crippen molar-refractivity contribution >= 4 is 11.8 Å². The number of likely N-dealkylation sites (tertiary alicyclic amines) is 1. The van der Waals surface area contributed by atoms with Crippen LogP contribution in [0.25, 0.3) is 0 Å². The Morgan fingerprint density at radius 1 is 1.47 bits per heavy atom. The molecule has 1 N–H and O–H groups in total. The number of carbonyl (C=O) groups excluding carboxylic acids is 2. The normalized spacial score (nSPS) is 22.4. The molecule has 0 spiro atoms. The summed E-state index contributed by atoms with van der Waals surface area (Å²) in [6, 6.07) is 1.71. The average Bonchev–Trinajstić information content (AvgIpc) is 2.81. The van der Waals surface area contributed by atoms with Gasteiger partial charge in [0.05, 0.1) is 22.9 Å². The summed E-state index contributed by atoms with van der Waals surface area (Å²) < 4.78 is 0. The van der Waals surface area contributed by atoms with Gasteiger partial charge in [-0.1, -0.05) is 0 Å². The van der Waals surface area contributed by atoms with E-state index in [1.165, 1.54) is 6.20 Å². The lowest BCUT2D eigenvalue weighted by atomic mass is 9.89. The smallest absolute Gasteiger partial charge is 0.255 e. The standard InChI is InChI=1S/C13H18N4O2/c1-9-6-10(7-15-16-9)11(18)17-5-4-13(2,8-17)12(19)14-3/h6-7H,4-5,8H2,1-3H3,(H,14,19). The molecule has 0 bridgehead atoms. The van der Waals surface area contributed by atoms with Gasteiger partial charge in [-0.05, 0) is 26.3 Å². The van der Waals surface area contributed by atoms with Gasteiger partial charge in [-0.2, -0.15) is 10.2 Å². The first-order chi connectivity index (χ1) is 8.96. The number of amides is 2. The highest BCUT2D eigenvalue weighted by Crippen LogP contribution is 2.30. The van der Waals surface area contributed by atoms with E-state index in [-0.39, 0.29) is 11.8 Å². The molecule has 0 aliphatic carbocycles. The molecule has 1 aromatic heterocycles. The molecule has 1 saturated heterocycles. The van der Waals surface area contributed by atoms with Crippen LogP contribution in [0.3, 0.4) is 0 Å². The van der Waals surface area contributed by atoms with Gasteiger partial charge < -0.3 is 10.2 Å². The van der Waals surface area contributed by atoms with E-state index in [0.717, 1.165) is 0 Å². The summed E-state index contributed by atoms with van der Waals surface area (Å²) in [7, 11) is 1.62. The van der Waals surface area contributed by atoms with Crippen LogP contribution < -0.4 is 5.32 Å². The second-order valence-corrected chi connectivity index (χ2v) is 5.20. The Labute approximate surface area is 112 Å². The molecule has 6 nitrogen and oxygen atoms in total. The summed E-state index contributed by atoms with van der Waals surface area (Å²) in [6.45, 7) is 4.70. The molecule has 0 aromatic carbocycles. The topological polar surface area (TPSA) is 75.2 Å². The molecule has 1 fully saturated rings. The van der Waals surface area contributed by atoms with Crippen LogP contribution in [-0.4, -0.2) is 47.0 Å². The molecule has 1 aliphatic rings. The number of hydrogen-bond acceptors (Lipinski definition) is 4. The highest BCUT2D eigenvalue weighted by atomic mass is 16.2. The number of nitrogens with zero attached hydrogens (tertiary/aromatic N) is 3. The van der Waals surface area contributed by atoms with Gasteiger partial charge in [0.25, 0.3) is 5.91 Å². The van der Waals surface area contributed by atoms with Crippen LogP contribution in [0.2, 0.25) is 0 Å². The second-order valence-electron chi connectivity index (χ2n) is 5.20. The molecule has 2 rings (SSSR count). The molecular formula is C13H18N4O2. The maximum atomic E-state index is 12.3. The molecule has 0 radical (unpaired) electrons. The summed E-state index contributed by atoms with van der Waals surface area (Å²) >= 11 is 0. The van der Waals surface area contributed by atoms with E-state index in [1.807, 2.05) is 6.92 Å². The number of aryl methyl sites for hydroxylation is 1. The summed E-state index contributed by atoms with van der Waals surface area (Å²) in [5.41, 5.74) is 0.729. The quantitative estimate of drug-likeness (QED) is 0.836. The Morgan fingerprint density at radius 3 is 2.84 bits per heavy atom. The minimum atomic E-state index is -0.500. The van der Waals surface area contributed by atoms with E-state index in [0.29, 0.717) is 30.8 Å². The van der Waals surface area contributed by atoms with Crippen molar-refractivity contribution in [1.82, 2.24) is 20.4 Å². The SMILES string of the molecule is CNC(=O)C1(C)CCN(C(=O)c2cnnc(C)c2)C1. The van der Waals surface area contributed by atoms with Gasteiger partial charge in [0.2, 0.25) is 5.91 Å². The van der Waals surface area contributed by atoms with E-state index in [2.05, 4.69) is 15.5 Å². The number of carbonyl (C=O) groups is 2. The predicted molar refractivity (Wildman–Crippen MR) is 69.5 cm³/mol. The van der Waals surface area contributed by atoms with Crippen molar-refractivity contribution in [2.24, 2.45) is 5.41 Å². The molecule has 1 aliphatic heterocycles. The van der Waals surface area contributed by atoms with Crippen LogP contribution in [0.1, 0.15) is 29.4 Å². The summed E-state index contributed by atoms with van der Waals surface area (Å²) in [5, 5.41) is 10.3. The monoisotopic (exact) mass is 262 g/mol. The molecule has 0 saturated carbocycles. The van der Waals surface area contributed by atoms with E-state index >= 15 is 0 Å². The van der Waals surface area contributed by atoms with Crippen molar-refractivity contribution in [2.75, 3.05) is 20.1 Å². The van der Waals surface area contributed by atoms with E-state index in [9.17, 15) is 9.59 Å². The van der Waals surface area contributed by atoms with Crippen LogP contribution in [0.5, 0.6) is 0 Å². The molecule has 1 unspecified atom stereocenters. The van der Waals surface area contributed by atoms with Crippen molar-refractivity contribution in [1.29, 1.82) is 0 Å². The highest BCUT2D eigenvalue weighted by molar-refractivity contribution is 5.95. The molecule has 1 aromatic rings. The van der Waals surface area contributed by atoms with Gasteiger partial charge >= 0.3 is 0 Å². The second kappa shape index (κ2) is 4.95. The predicted octanol–water partition coefficient (Wildman–Crippen LogP) is 0.383. The first kappa shape index (κ1) is 13.5. The molecule has 6 heteroatoms. The van der Waals surface area contributed by atoms with Gasteiger partial charge in [-0.3, -0.25) is 9.59 Å². The summed E-state index contributed by atoms with van der Waals surface area (Å²) in [6.07, 6.45) is 2.14. The van der Waals surface area contributed by atoms with Crippen molar-refractivity contribution in [3.05, 3.63) is 23.5 Å². The van der Waals surface area contributed by atoms with Crippen molar-refractivity contribution in [3.8, 4) is 0 Å². The molecule has 102 valence electrons. The molecule has 19 heavy (non-hydrogen) atoms. The lowest BCUT2D eigenvalue weighted by Crippen LogP contribution is -2.40. The molecular weight excluding hydrogens is 244 g/mol. The lowest BCUT2D eigenvalue weighted by Gasteiger charge is -2.22. The fourth-order valence-electron chi connectivity index (χ4n) is 2.39. The minimum absolute atomic E-state index is 0.0215. The van der Waals surface area contributed by atoms with Crippen LogP contribution in [0, 0.1) is 12.3 Å². The highest BCUT2D eigenvalue weighted by Gasteiger charge is 2.41. The minimum Gasteiger partial charge on any atom is -0.359 e. The van der Waals surface area contributed by atoms with Crippen molar-refractivity contribution < 1.29 is 9.59 Å². The summed E-state index contributed by atoms with van der Waals surface area (Å²) in [4.78, 5) is 25.8. The third-order valence-corrected chi connectivity index (χ3v) is 3.56. The first-order valence-electron chi connectivity index (χ1n) is 6.27. The third-order valence-electron chi connectivity index (χ3n) is 3.56. The number of nitrogens with one attached hydrogen (secondary N) is 1. The van der Waals surface area contributed by atoms with Crippen LogP contribution in [0.4, 0.5) is 0 Å². The van der Waals surface area contributed by atoms with Gasteiger partial charge in [0, 0.05) is 20.1 Å². The van der Waals surface area contributed by atoms with Gasteiger partial charge in [0.1, 0.15) is 0 Å². The lowest BCUT2D eigenvalue weighted by molar-refractivity contribution is -0.128. The van der Waals surface area contributed by atoms with Crippen molar-refractivity contribution in [3.63, 3.8) is 0 Å². The van der Waals surface area contributed by atoms with E-state index in [4.69, 9.17) is 0 Å². The molecule has 2 amide bonds. The Bertz CT molecular complexity index is 517. The third kappa shape index (κ3) is 2.57. The number of aromatic nitrogens is 2. The van der Waals surface area contributed by atoms with Gasteiger partial charge in [0.15, 0.2) is 0 Å². The maximum absolute atomic E-state index is 12.3. The Kier molecular flexibility index (Phi) is 3.50. The first-order valence-corrected chi connectivity index (χ1v) is 6.27. The zero-order valence-electron chi connectivity index (χ0n) is 11.4. The van der Waals surface area contributed by atoms with Gasteiger partial charge in [-0.25, -0.2) is 0 Å². The Hall–Kier alpha value is -1.98. The zero-order valence-corrected chi connectivity index (χ0v) is 11.4. The average molecular weight is 262 g/mol. The number of rotatable bonds is 2. The van der Waals surface area contributed by atoms with Crippen molar-refractivity contribution in [2.45, 2.75) is 20.3 Å². The largest absolute Gasteiger partial charge is 0.359 e. The van der Waals surface area contributed by atoms with Gasteiger partial charge in [-0.15, -0.1) is 0 Å². The molecule has 1 atom stereocenters. The van der Waals surface area contributed by atoms with E-state index < -0.39 is 5.41 Å². The van der Waals surface area contributed by atoms with E-state index in [1.54, 1.807) is 24.9 Å². The zero-order chi connectivity index (χ0) is 14.0. The molecule has 2 heterocycles.